The summed E-state index contributed by atoms with van der Waals surface area (Å²) >= 11 is 0. The van der Waals surface area contributed by atoms with Gasteiger partial charge in [-0.2, -0.15) is 0 Å². The molecule has 0 radical (unpaired) electrons. The van der Waals surface area contributed by atoms with Crippen LogP contribution in [0.2, 0.25) is 0 Å². The largest absolute Gasteiger partial charge is 0.348 e. The van der Waals surface area contributed by atoms with E-state index in [9.17, 15) is 0 Å². The van der Waals surface area contributed by atoms with Crippen molar-refractivity contribution in [2.75, 3.05) is 20.6 Å². The number of nitrogens with zero attached hydrogens (tertiary/aromatic N) is 5. The van der Waals surface area contributed by atoms with Gasteiger partial charge in [-0.15, -0.1) is 0 Å². The number of imidazole rings is 1. The second-order valence-electron chi connectivity index (χ2n) is 6.25. The van der Waals surface area contributed by atoms with Gasteiger partial charge >= 0.3 is 0 Å². The summed E-state index contributed by atoms with van der Waals surface area (Å²) in [6.45, 7) is 4.86. The van der Waals surface area contributed by atoms with Crippen molar-refractivity contribution in [3.05, 3.63) is 41.5 Å². The van der Waals surface area contributed by atoms with Crippen LogP contribution in [0.25, 0.3) is 0 Å². The average Bonchev–Trinajstić information content (AvgIpc) is 3.09. The van der Waals surface area contributed by atoms with Crippen LogP contribution in [0.15, 0.2) is 18.6 Å². The van der Waals surface area contributed by atoms with Gasteiger partial charge in [0.25, 0.3) is 0 Å². The smallest absolute Gasteiger partial charge is 0.145 e. The van der Waals surface area contributed by atoms with E-state index in [1.54, 1.807) is 6.33 Å². The first-order chi connectivity index (χ1) is 10.6. The molecule has 22 heavy (non-hydrogen) atoms. The number of aromatic amines is 1. The maximum atomic E-state index is 4.77. The van der Waals surface area contributed by atoms with Crippen LogP contribution in [0.1, 0.15) is 41.8 Å². The Morgan fingerprint density at radius 1 is 1.36 bits per heavy atom. The molecule has 3 heterocycles. The summed E-state index contributed by atoms with van der Waals surface area (Å²) in [7, 11) is 4.12. The van der Waals surface area contributed by atoms with E-state index in [0.29, 0.717) is 6.04 Å². The Hall–Kier alpha value is -1.79. The molecule has 0 bridgehead atoms. The number of nitrogens with one attached hydrogen (secondary N) is 1. The zero-order valence-electron chi connectivity index (χ0n) is 13.6. The summed E-state index contributed by atoms with van der Waals surface area (Å²) in [5.41, 5.74) is 3.35. The predicted octanol–water partition coefficient (Wildman–Crippen LogP) is 1.91. The SMILES string of the molecule is Cc1[nH]cnc1CN1CCCC1c1nccc(CN(C)C)n1. The summed E-state index contributed by atoms with van der Waals surface area (Å²) in [4.78, 5) is 21.5. The van der Waals surface area contributed by atoms with E-state index in [0.717, 1.165) is 49.0 Å². The van der Waals surface area contributed by atoms with Crippen LogP contribution in [0, 0.1) is 6.92 Å². The highest BCUT2D eigenvalue weighted by atomic mass is 15.2. The molecule has 1 saturated heterocycles. The number of aromatic nitrogens is 4. The molecular formula is C16H24N6. The molecule has 2 aromatic rings. The molecule has 3 rings (SSSR count). The van der Waals surface area contributed by atoms with Crippen molar-refractivity contribution in [1.82, 2.24) is 29.7 Å². The van der Waals surface area contributed by atoms with Gasteiger partial charge in [-0.25, -0.2) is 15.0 Å². The lowest BCUT2D eigenvalue weighted by Crippen LogP contribution is -2.25. The van der Waals surface area contributed by atoms with Crippen LogP contribution in [-0.4, -0.2) is 50.4 Å². The van der Waals surface area contributed by atoms with E-state index >= 15 is 0 Å². The fourth-order valence-electron chi connectivity index (χ4n) is 3.03. The molecular weight excluding hydrogens is 276 g/mol. The minimum absolute atomic E-state index is 0.304. The first-order valence-electron chi connectivity index (χ1n) is 7.83. The van der Waals surface area contributed by atoms with Crippen molar-refractivity contribution in [1.29, 1.82) is 0 Å². The molecule has 118 valence electrons. The Labute approximate surface area is 131 Å². The molecule has 0 aromatic carbocycles. The Bertz CT molecular complexity index is 621. The first kappa shape index (κ1) is 15.1. The second kappa shape index (κ2) is 6.54. The standard InChI is InChI=1S/C16H24N6/c1-12-14(19-11-18-12)10-22-8-4-5-15(22)16-17-7-6-13(20-16)9-21(2)3/h6-7,11,15H,4-5,8-10H2,1-3H3,(H,18,19). The van der Waals surface area contributed by atoms with Crippen LogP contribution in [0.3, 0.4) is 0 Å². The Morgan fingerprint density at radius 3 is 2.95 bits per heavy atom. The van der Waals surface area contributed by atoms with Crippen LogP contribution in [0.5, 0.6) is 0 Å². The molecule has 6 nitrogen and oxygen atoms in total. The minimum Gasteiger partial charge on any atom is -0.348 e. The fourth-order valence-corrected chi connectivity index (χ4v) is 3.03. The molecule has 0 amide bonds. The molecule has 1 fully saturated rings. The lowest BCUT2D eigenvalue weighted by atomic mass is 10.2. The molecule has 1 aliphatic heterocycles. The molecule has 1 atom stereocenters. The number of rotatable bonds is 5. The van der Waals surface area contributed by atoms with E-state index < -0.39 is 0 Å². The zero-order chi connectivity index (χ0) is 15.5. The number of H-pyrrole nitrogens is 1. The molecule has 1 unspecified atom stereocenters. The third-order valence-corrected chi connectivity index (χ3v) is 4.16. The van der Waals surface area contributed by atoms with Gasteiger partial charge in [0.1, 0.15) is 5.82 Å². The van der Waals surface area contributed by atoms with Crippen molar-refractivity contribution < 1.29 is 0 Å². The van der Waals surface area contributed by atoms with Crippen LogP contribution < -0.4 is 0 Å². The monoisotopic (exact) mass is 300 g/mol. The normalized spacial score (nSPS) is 19.2. The summed E-state index contributed by atoms with van der Waals surface area (Å²) in [6, 6.07) is 2.30. The van der Waals surface area contributed by atoms with Gasteiger partial charge in [0.2, 0.25) is 0 Å². The zero-order valence-corrected chi connectivity index (χ0v) is 13.6. The Balaban J connectivity index is 1.76. The van der Waals surface area contributed by atoms with E-state index in [1.165, 1.54) is 6.42 Å². The average molecular weight is 300 g/mol. The van der Waals surface area contributed by atoms with E-state index in [-0.39, 0.29) is 0 Å². The maximum Gasteiger partial charge on any atom is 0.145 e. The van der Waals surface area contributed by atoms with Crippen molar-refractivity contribution >= 4 is 0 Å². The van der Waals surface area contributed by atoms with Gasteiger partial charge in [-0.3, -0.25) is 4.90 Å². The van der Waals surface area contributed by atoms with E-state index in [4.69, 9.17) is 4.98 Å². The van der Waals surface area contributed by atoms with Gasteiger partial charge in [-0.05, 0) is 46.5 Å². The quantitative estimate of drug-likeness (QED) is 0.914. The number of aryl methyl sites for hydroxylation is 1. The number of likely N-dealkylation sites (tertiary alicyclic amines) is 1. The molecule has 6 heteroatoms. The van der Waals surface area contributed by atoms with Gasteiger partial charge in [-0.1, -0.05) is 0 Å². The Kier molecular flexibility index (Phi) is 4.49. The van der Waals surface area contributed by atoms with Crippen molar-refractivity contribution in [2.24, 2.45) is 0 Å². The minimum atomic E-state index is 0.304. The van der Waals surface area contributed by atoms with Crippen LogP contribution >= 0.6 is 0 Å². The van der Waals surface area contributed by atoms with Gasteiger partial charge in [0, 0.05) is 25.0 Å². The number of hydrogen-bond donors (Lipinski definition) is 1. The van der Waals surface area contributed by atoms with E-state index in [1.807, 2.05) is 12.3 Å². The summed E-state index contributed by atoms with van der Waals surface area (Å²) in [5, 5.41) is 0. The third kappa shape index (κ3) is 3.34. The van der Waals surface area contributed by atoms with Gasteiger partial charge < -0.3 is 9.88 Å². The third-order valence-electron chi connectivity index (χ3n) is 4.16. The summed E-state index contributed by atoms with van der Waals surface area (Å²) < 4.78 is 0. The molecule has 1 N–H and O–H groups in total. The molecule has 2 aromatic heterocycles. The number of hydrogen-bond acceptors (Lipinski definition) is 5. The highest BCUT2D eigenvalue weighted by molar-refractivity contribution is 5.11. The molecule has 0 spiro atoms. The van der Waals surface area contributed by atoms with Crippen molar-refractivity contribution in [3.8, 4) is 0 Å². The lowest BCUT2D eigenvalue weighted by molar-refractivity contribution is 0.236. The summed E-state index contributed by atoms with van der Waals surface area (Å²) in [6.07, 6.45) is 5.96. The highest BCUT2D eigenvalue weighted by Crippen LogP contribution is 2.31. The maximum absolute atomic E-state index is 4.77. The van der Waals surface area contributed by atoms with Crippen molar-refractivity contribution in [2.45, 2.75) is 38.9 Å². The predicted molar refractivity (Wildman–Crippen MR) is 85.1 cm³/mol. The molecule has 1 aliphatic rings. The fraction of sp³-hybridized carbons (Fsp3) is 0.562. The van der Waals surface area contributed by atoms with Crippen LogP contribution in [-0.2, 0) is 13.1 Å². The topological polar surface area (TPSA) is 60.9 Å². The van der Waals surface area contributed by atoms with Crippen molar-refractivity contribution in [3.63, 3.8) is 0 Å². The molecule has 0 aliphatic carbocycles. The van der Waals surface area contributed by atoms with E-state index in [2.05, 4.69) is 45.8 Å². The van der Waals surface area contributed by atoms with Gasteiger partial charge in [0.15, 0.2) is 0 Å². The lowest BCUT2D eigenvalue weighted by Gasteiger charge is -2.23. The summed E-state index contributed by atoms with van der Waals surface area (Å²) in [5.74, 6) is 0.949. The van der Waals surface area contributed by atoms with Gasteiger partial charge in [0.05, 0.1) is 23.8 Å². The highest BCUT2D eigenvalue weighted by Gasteiger charge is 2.29. The second-order valence-corrected chi connectivity index (χ2v) is 6.25. The molecule has 0 saturated carbocycles. The first-order valence-corrected chi connectivity index (χ1v) is 7.83. The Morgan fingerprint density at radius 2 is 2.23 bits per heavy atom. The van der Waals surface area contributed by atoms with Crippen LogP contribution in [0.4, 0.5) is 0 Å².